The second-order valence-electron chi connectivity index (χ2n) is 7.68. The molecule has 0 aliphatic carbocycles. The van der Waals surface area contributed by atoms with E-state index in [9.17, 15) is 9.18 Å². The second-order valence-corrected chi connectivity index (χ2v) is 7.68. The summed E-state index contributed by atoms with van der Waals surface area (Å²) in [5.74, 6) is 0.893. The molecule has 1 saturated heterocycles. The number of pyridine rings is 1. The van der Waals surface area contributed by atoms with Gasteiger partial charge >= 0.3 is 0 Å². The third-order valence-electron chi connectivity index (χ3n) is 5.46. The molecule has 1 fully saturated rings. The molecule has 0 radical (unpaired) electrons. The molecule has 0 spiro atoms. The second kappa shape index (κ2) is 9.67. The number of hydrogen-bond acceptors (Lipinski definition) is 4. The summed E-state index contributed by atoms with van der Waals surface area (Å²) in [5, 5.41) is 3.14. The van der Waals surface area contributed by atoms with Crippen LogP contribution < -0.4 is 5.32 Å². The number of nitrogens with zero attached hydrogens (tertiary/aromatic N) is 2. The molecule has 30 heavy (non-hydrogen) atoms. The number of benzene rings is 1. The maximum atomic E-state index is 13.9. The summed E-state index contributed by atoms with van der Waals surface area (Å²) in [4.78, 5) is 19.1. The quantitative estimate of drug-likeness (QED) is 0.638. The first-order valence-corrected chi connectivity index (χ1v) is 10.4. The number of hydrogen-bond donors (Lipinski definition) is 1. The highest BCUT2D eigenvalue weighted by Gasteiger charge is 2.21. The zero-order valence-corrected chi connectivity index (χ0v) is 16.9. The van der Waals surface area contributed by atoms with Crippen LogP contribution in [0.3, 0.4) is 0 Å². The van der Waals surface area contributed by atoms with Crippen LogP contribution in [-0.4, -0.2) is 34.9 Å². The minimum Gasteiger partial charge on any atom is -0.461 e. The van der Waals surface area contributed by atoms with Crippen molar-refractivity contribution in [1.82, 2.24) is 15.2 Å². The number of furan rings is 1. The van der Waals surface area contributed by atoms with E-state index in [0.717, 1.165) is 38.2 Å². The van der Waals surface area contributed by atoms with E-state index in [2.05, 4.69) is 15.2 Å². The van der Waals surface area contributed by atoms with Crippen LogP contribution in [-0.2, 0) is 17.8 Å². The lowest BCUT2D eigenvalue weighted by atomic mass is 10.0. The maximum Gasteiger partial charge on any atom is 0.220 e. The Kier molecular flexibility index (Phi) is 6.54. The normalized spacial score (nSPS) is 15.2. The predicted octanol–water partition coefficient (Wildman–Crippen LogP) is 4.19. The Balaban J connectivity index is 1.20. The first-order valence-electron chi connectivity index (χ1n) is 10.4. The van der Waals surface area contributed by atoms with Crippen LogP contribution in [0.1, 0.15) is 30.7 Å². The van der Waals surface area contributed by atoms with Crippen LogP contribution in [0.25, 0.3) is 11.3 Å². The van der Waals surface area contributed by atoms with Gasteiger partial charge in [0.25, 0.3) is 0 Å². The van der Waals surface area contributed by atoms with Gasteiger partial charge < -0.3 is 9.73 Å². The lowest BCUT2D eigenvalue weighted by Gasteiger charge is -2.32. The number of likely N-dealkylation sites (tertiary alicyclic amines) is 1. The number of rotatable bonds is 7. The Morgan fingerprint density at radius 2 is 1.90 bits per heavy atom. The van der Waals surface area contributed by atoms with Gasteiger partial charge in [0.2, 0.25) is 5.91 Å². The van der Waals surface area contributed by atoms with Crippen LogP contribution >= 0.6 is 0 Å². The van der Waals surface area contributed by atoms with E-state index in [4.69, 9.17) is 4.42 Å². The van der Waals surface area contributed by atoms with Crippen LogP contribution in [0.15, 0.2) is 65.2 Å². The number of nitrogens with one attached hydrogen (secondary N) is 1. The van der Waals surface area contributed by atoms with Crippen molar-refractivity contribution in [2.75, 3.05) is 13.1 Å². The Labute approximate surface area is 175 Å². The largest absolute Gasteiger partial charge is 0.461 e. The third-order valence-corrected chi connectivity index (χ3v) is 5.46. The molecule has 0 unspecified atom stereocenters. The van der Waals surface area contributed by atoms with Crippen LogP contribution in [0.2, 0.25) is 0 Å². The zero-order valence-electron chi connectivity index (χ0n) is 16.9. The molecule has 0 bridgehead atoms. The number of amides is 1. The van der Waals surface area contributed by atoms with Crippen molar-refractivity contribution in [1.29, 1.82) is 0 Å². The molecular formula is C24H26FN3O2. The van der Waals surface area contributed by atoms with E-state index >= 15 is 0 Å². The van der Waals surface area contributed by atoms with Crippen molar-refractivity contribution >= 4 is 5.91 Å². The summed E-state index contributed by atoms with van der Waals surface area (Å²) >= 11 is 0. The van der Waals surface area contributed by atoms with E-state index in [-0.39, 0.29) is 17.8 Å². The topological polar surface area (TPSA) is 58.4 Å². The van der Waals surface area contributed by atoms with Crippen molar-refractivity contribution in [3.8, 4) is 11.3 Å². The fourth-order valence-corrected chi connectivity index (χ4v) is 3.81. The Bertz CT molecular complexity index is 965. The summed E-state index contributed by atoms with van der Waals surface area (Å²) in [6, 6.07) is 16.3. The summed E-state index contributed by atoms with van der Waals surface area (Å²) in [7, 11) is 0. The molecule has 3 aromatic rings. The Hall–Kier alpha value is -2.99. The third kappa shape index (κ3) is 5.33. The molecule has 1 amide bonds. The molecule has 1 aliphatic heterocycles. The lowest BCUT2D eigenvalue weighted by molar-refractivity contribution is -0.122. The Morgan fingerprint density at radius 1 is 1.10 bits per heavy atom. The van der Waals surface area contributed by atoms with E-state index in [1.807, 2.05) is 30.5 Å². The zero-order chi connectivity index (χ0) is 20.8. The van der Waals surface area contributed by atoms with Crippen molar-refractivity contribution < 1.29 is 13.6 Å². The molecule has 1 aromatic carbocycles. The molecule has 1 N–H and O–H groups in total. The van der Waals surface area contributed by atoms with E-state index in [1.165, 1.54) is 6.07 Å². The van der Waals surface area contributed by atoms with Crippen LogP contribution in [0, 0.1) is 5.82 Å². The molecule has 1 aliphatic rings. The predicted molar refractivity (Wildman–Crippen MR) is 113 cm³/mol. The van der Waals surface area contributed by atoms with Crippen molar-refractivity contribution in [2.24, 2.45) is 0 Å². The van der Waals surface area contributed by atoms with E-state index in [1.54, 1.807) is 24.3 Å². The highest BCUT2D eigenvalue weighted by atomic mass is 19.1. The molecular weight excluding hydrogens is 381 g/mol. The molecule has 4 rings (SSSR count). The van der Waals surface area contributed by atoms with Gasteiger partial charge in [0.15, 0.2) is 0 Å². The first-order chi connectivity index (χ1) is 14.7. The molecule has 0 atom stereocenters. The van der Waals surface area contributed by atoms with E-state index in [0.29, 0.717) is 29.9 Å². The summed E-state index contributed by atoms with van der Waals surface area (Å²) in [6.45, 7) is 2.75. The standard InChI is InChI=1S/C24H26FN3O2/c25-22-7-2-1-6-21(22)23-10-8-20(30-23)9-11-24(29)27-18-12-15-28(16-13-18)17-19-5-3-4-14-26-19/h1-8,10,14,18H,9,11-13,15-17H2,(H,27,29). The van der Waals surface area contributed by atoms with Gasteiger partial charge in [0.1, 0.15) is 17.3 Å². The van der Waals surface area contributed by atoms with Crippen LogP contribution in [0.4, 0.5) is 4.39 Å². The fraction of sp³-hybridized carbons (Fsp3) is 0.333. The van der Waals surface area contributed by atoms with Crippen LogP contribution in [0.5, 0.6) is 0 Å². The summed E-state index contributed by atoms with van der Waals surface area (Å²) in [6.07, 6.45) is 4.56. The van der Waals surface area contributed by atoms with Gasteiger partial charge in [0.05, 0.1) is 11.3 Å². The number of aryl methyl sites for hydroxylation is 1. The molecule has 3 heterocycles. The number of piperidine rings is 1. The van der Waals surface area contributed by atoms with Gasteiger partial charge in [-0.2, -0.15) is 0 Å². The summed E-state index contributed by atoms with van der Waals surface area (Å²) in [5.41, 5.74) is 1.51. The first kappa shape index (κ1) is 20.3. The Morgan fingerprint density at radius 3 is 2.67 bits per heavy atom. The number of aromatic nitrogens is 1. The molecule has 6 heteroatoms. The highest BCUT2D eigenvalue weighted by molar-refractivity contribution is 5.76. The smallest absolute Gasteiger partial charge is 0.220 e. The van der Waals surface area contributed by atoms with Gasteiger partial charge in [-0.3, -0.25) is 14.7 Å². The van der Waals surface area contributed by atoms with Crippen molar-refractivity contribution in [2.45, 2.75) is 38.3 Å². The SMILES string of the molecule is O=C(CCc1ccc(-c2ccccc2F)o1)NC1CCN(Cc2ccccn2)CC1. The number of halogens is 1. The van der Waals surface area contributed by atoms with Gasteiger partial charge in [0, 0.05) is 44.7 Å². The van der Waals surface area contributed by atoms with Gasteiger partial charge in [-0.15, -0.1) is 0 Å². The fourth-order valence-electron chi connectivity index (χ4n) is 3.81. The van der Waals surface area contributed by atoms with Crippen molar-refractivity contribution in [3.63, 3.8) is 0 Å². The molecule has 5 nitrogen and oxygen atoms in total. The molecule has 0 saturated carbocycles. The number of carbonyl (C=O) groups excluding carboxylic acids is 1. The lowest BCUT2D eigenvalue weighted by Crippen LogP contribution is -2.44. The van der Waals surface area contributed by atoms with Crippen molar-refractivity contribution in [3.05, 3.63) is 78.1 Å². The maximum absolute atomic E-state index is 13.9. The summed E-state index contributed by atoms with van der Waals surface area (Å²) < 4.78 is 19.6. The monoisotopic (exact) mass is 407 g/mol. The highest BCUT2D eigenvalue weighted by Crippen LogP contribution is 2.25. The van der Waals surface area contributed by atoms with E-state index < -0.39 is 0 Å². The number of carbonyl (C=O) groups is 1. The minimum atomic E-state index is -0.314. The average Bonchev–Trinajstić information content (AvgIpc) is 3.24. The van der Waals surface area contributed by atoms with Gasteiger partial charge in [-0.05, 0) is 49.2 Å². The molecule has 2 aromatic heterocycles. The van der Waals surface area contributed by atoms with Gasteiger partial charge in [-0.1, -0.05) is 18.2 Å². The molecule has 156 valence electrons. The van der Waals surface area contributed by atoms with Gasteiger partial charge in [-0.25, -0.2) is 4.39 Å². The minimum absolute atomic E-state index is 0.0296. The average molecular weight is 407 g/mol.